The number of fused-ring (bicyclic) bond motifs is 5. The van der Waals surface area contributed by atoms with Gasteiger partial charge in [0.15, 0.2) is 5.75 Å². The van der Waals surface area contributed by atoms with E-state index in [2.05, 4.69) is 41.9 Å². The number of hydrazone groups is 1. The maximum Gasteiger partial charge on any atom is 0.287 e. The Morgan fingerprint density at radius 2 is 1.75 bits per heavy atom. The van der Waals surface area contributed by atoms with Crippen LogP contribution in [0.4, 0.5) is 5.69 Å². The Morgan fingerprint density at radius 3 is 2.28 bits per heavy atom. The Balaban J connectivity index is 1.33. The first kappa shape index (κ1) is 21.0. The zero-order chi connectivity index (χ0) is 22.6. The maximum atomic E-state index is 12.7. The van der Waals surface area contributed by atoms with E-state index in [4.69, 9.17) is 4.74 Å². The number of benzene rings is 1. The highest BCUT2D eigenvalue weighted by Gasteiger charge is 2.59. The number of imide groups is 1. The second-order valence-corrected chi connectivity index (χ2v) is 9.47. The van der Waals surface area contributed by atoms with Crippen LogP contribution < -0.4 is 4.74 Å². The molecule has 3 aliphatic rings. The van der Waals surface area contributed by atoms with Crippen molar-refractivity contribution >= 4 is 55.6 Å². The van der Waals surface area contributed by atoms with Gasteiger partial charge in [0.1, 0.15) is 6.20 Å². The molecule has 2 bridgehead atoms. The summed E-state index contributed by atoms with van der Waals surface area (Å²) in [4.78, 5) is 39.6. The molecule has 162 valence electrons. The fraction of sp³-hybridized carbons (Fsp3) is 0.238. The van der Waals surface area contributed by atoms with E-state index >= 15 is 0 Å². The highest BCUT2D eigenvalue weighted by Crippen LogP contribution is 2.52. The molecule has 0 N–H and O–H groups in total. The number of ether oxygens (including phenoxy) is 1. The van der Waals surface area contributed by atoms with E-state index in [0.717, 1.165) is 17.6 Å². The summed E-state index contributed by atoms with van der Waals surface area (Å²) in [5.74, 6) is -0.207. The third-order valence-electron chi connectivity index (χ3n) is 5.93. The summed E-state index contributed by atoms with van der Waals surface area (Å²) < 4.78 is 6.85. The highest BCUT2D eigenvalue weighted by molar-refractivity contribution is 9.11. The van der Waals surface area contributed by atoms with Gasteiger partial charge in [0.05, 0.1) is 31.9 Å². The number of halogens is 2. The van der Waals surface area contributed by atoms with Crippen molar-refractivity contribution in [2.45, 2.75) is 6.42 Å². The average molecular weight is 562 g/mol. The number of hydrogen-bond donors (Lipinski definition) is 0. The van der Waals surface area contributed by atoms with Crippen LogP contribution in [-0.2, 0) is 9.59 Å². The first-order chi connectivity index (χ1) is 15.3. The minimum atomic E-state index is -0.541. The summed E-state index contributed by atoms with van der Waals surface area (Å²) in [5.41, 5.74) is 0.493. The normalized spacial score (nSPS) is 25.8. The van der Waals surface area contributed by atoms with E-state index in [1.165, 1.54) is 18.3 Å². The van der Waals surface area contributed by atoms with Gasteiger partial charge in [-0.2, -0.15) is 10.1 Å². The van der Waals surface area contributed by atoms with Gasteiger partial charge in [-0.15, -0.1) is 0 Å². The average Bonchev–Trinajstić information content (AvgIpc) is 3.44. The molecule has 1 aromatic heterocycles. The Labute approximate surface area is 198 Å². The molecule has 2 aromatic rings. The van der Waals surface area contributed by atoms with Crippen molar-refractivity contribution in [3.63, 3.8) is 0 Å². The molecule has 0 unspecified atom stereocenters. The zero-order valence-electron chi connectivity index (χ0n) is 16.2. The SMILES string of the molecule is O=C1[C@@H]2[C@H](C(=O)N1N=Cc1cc(Br)c(Oc3ccc([N+](=O)[O-])cn3)c(Br)c1)[C@H]1C=C[C@H]2C1. The van der Waals surface area contributed by atoms with E-state index < -0.39 is 4.92 Å². The number of nitrogens with zero attached hydrogens (tertiary/aromatic N) is 4. The smallest absolute Gasteiger partial charge is 0.287 e. The molecule has 0 spiro atoms. The summed E-state index contributed by atoms with van der Waals surface area (Å²) >= 11 is 6.85. The molecule has 1 saturated carbocycles. The number of allylic oxidation sites excluding steroid dienone is 2. The van der Waals surface area contributed by atoms with E-state index in [1.807, 2.05) is 12.2 Å². The fourth-order valence-electron chi connectivity index (χ4n) is 4.52. The van der Waals surface area contributed by atoms with Crippen LogP contribution in [0.25, 0.3) is 0 Å². The number of aromatic nitrogens is 1. The molecule has 4 atom stereocenters. The summed E-state index contributed by atoms with van der Waals surface area (Å²) in [6, 6.07) is 6.13. The van der Waals surface area contributed by atoms with Gasteiger partial charge in [0.25, 0.3) is 17.5 Å². The van der Waals surface area contributed by atoms with Crippen LogP contribution in [0.1, 0.15) is 12.0 Å². The molecular weight excluding hydrogens is 548 g/mol. The molecular formula is C21H14Br2N4O5. The Morgan fingerprint density at radius 1 is 1.12 bits per heavy atom. The second kappa shape index (κ2) is 7.89. The highest BCUT2D eigenvalue weighted by atomic mass is 79.9. The molecule has 1 saturated heterocycles. The largest absolute Gasteiger partial charge is 0.437 e. The lowest BCUT2D eigenvalue weighted by atomic mass is 9.85. The molecule has 1 aromatic carbocycles. The third-order valence-corrected chi connectivity index (χ3v) is 7.11. The van der Waals surface area contributed by atoms with Gasteiger partial charge in [0.2, 0.25) is 5.88 Å². The van der Waals surface area contributed by atoms with Gasteiger partial charge in [0, 0.05) is 12.1 Å². The monoisotopic (exact) mass is 560 g/mol. The van der Waals surface area contributed by atoms with E-state index in [0.29, 0.717) is 20.3 Å². The predicted octanol–water partition coefficient (Wildman–Crippen LogP) is 4.45. The lowest BCUT2D eigenvalue weighted by Crippen LogP contribution is -2.28. The van der Waals surface area contributed by atoms with Crippen LogP contribution in [0.5, 0.6) is 11.6 Å². The second-order valence-electron chi connectivity index (χ2n) is 7.76. The number of rotatable bonds is 5. The van der Waals surface area contributed by atoms with Crippen LogP contribution in [0, 0.1) is 33.8 Å². The third kappa shape index (κ3) is 3.45. The molecule has 2 heterocycles. The number of nitro groups is 1. The van der Waals surface area contributed by atoms with Crippen molar-refractivity contribution in [3.8, 4) is 11.6 Å². The van der Waals surface area contributed by atoms with E-state index in [1.54, 1.807) is 12.1 Å². The minimum Gasteiger partial charge on any atom is -0.437 e. The molecule has 2 aliphatic carbocycles. The molecule has 2 amide bonds. The van der Waals surface area contributed by atoms with Gasteiger partial charge in [-0.05, 0) is 67.8 Å². The molecule has 32 heavy (non-hydrogen) atoms. The number of carbonyl (C=O) groups is 2. The summed E-state index contributed by atoms with van der Waals surface area (Å²) in [6.07, 6.45) is 7.51. The van der Waals surface area contributed by atoms with E-state index in [-0.39, 0.29) is 47.1 Å². The Bertz CT molecular complexity index is 1160. The van der Waals surface area contributed by atoms with Crippen molar-refractivity contribution in [1.29, 1.82) is 0 Å². The van der Waals surface area contributed by atoms with Crippen LogP contribution >= 0.6 is 31.9 Å². The summed E-state index contributed by atoms with van der Waals surface area (Å²) in [7, 11) is 0. The number of hydrogen-bond acceptors (Lipinski definition) is 7. The Hall–Kier alpha value is -2.92. The molecule has 0 radical (unpaired) electrons. The maximum absolute atomic E-state index is 12.7. The lowest BCUT2D eigenvalue weighted by Gasteiger charge is -2.13. The van der Waals surface area contributed by atoms with Gasteiger partial charge in [-0.1, -0.05) is 12.2 Å². The molecule has 1 aliphatic heterocycles. The van der Waals surface area contributed by atoms with E-state index in [9.17, 15) is 19.7 Å². The fourth-order valence-corrected chi connectivity index (χ4v) is 5.91. The summed E-state index contributed by atoms with van der Waals surface area (Å²) in [5, 5.41) is 15.9. The van der Waals surface area contributed by atoms with Gasteiger partial charge >= 0.3 is 0 Å². The summed E-state index contributed by atoms with van der Waals surface area (Å²) in [6.45, 7) is 0. The topological polar surface area (TPSA) is 115 Å². The quantitative estimate of drug-likeness (QED) is 0.175. The first-order valence-electron chi connectivity index (χ1n) is 9.71. The number of carbonyl (C=O) groups excluding carboxylic acids is 2. The number of pyridine rings is 1. The van der Waals surface area contributed by atoms with Crippen molar-refractivity contribution in [3.05, 3.63) is 67.2 Å². The zero-order valence-corrected chi connectivity index (χ0v) is 19.4. The molecule has 11 heteroatoms. The molecule has 2 fully saturated rings. The Kier molecular flexibility index (Phi) is 5.17. The van der Waals surface area contributed by atoms with Crippen molar-refractivity contribution in [1.82, 2.24) is 9.99 Å². The van der Waals surface area contributed by atoms with Crippen molar-refractivity contribution < 1.29 is 19.2 Å². The predicted molar refractivity (Wildman–Crippen MR) is 120 cm³/mol. The van der Waals surface area contributed by atoms with Crippen LogP contribution in [0.2, 0.25) is 0 Å². The standard InChI is InChI=1S/C21H14Br2N4O5/c22-14-5-10(6-15(23)19(14)32-16-4-3-13(9-24-16)27(30)31)8-25-26-20(28)17-11-1-2-12(7-11)18(17)21(26)29/h1-6,8-9,11-12,17-18H,7H2/t11-,12-,17-,18+/m0/s1. The van der Waals surface area contributed by atoms with Crippen LogP contribution in [0.15, 0.2) is 56.7 Å². The van der Waals surface area contributed by atoms with Gasteiger partial charge in [-0.3, -0.25) is 19.7 Å². The number of amides is 2. The molecule has 9 nitrogen and oxygen atoms in total. The van der Waals surface area contributed by atoms with Crippen molar-refractivity contribution in [2.24, 2.45) is 28.8 Å². The van der Waals surface area contributed by atoms with Crippen LogP contribution in [0.3, 0.4) is 0 Å². The van der Waals surface area contributed by atoms with Gasteiger partial charge in [-0.25, -0.2) is 4.98 Å². The van der Waals surface area contributed by atoms with Crippen molar-refractivity contribution in [2.75, 3.05) is 0 Å². The van der Waals surface area contributed by atoms with Crippen LogP contribution in [-0.4, -0.2) is 32.9 Å². The minimum absolute atomic E-state index is 0.134. The first-order valence-corrected chi connectivity index (χ1v) is 11.3. The lowest BCUT2D eigenvalue weighted by molar-refractivity contribution is -0.385. The molecule has 5 rings (SSSR count). The van der Waals surface area contributed by atoms with Gasteiger partial charge < -0.3 is 4.74 Å².